The van der Waals surface area contributed by atoms with Gasteiger partial charge < -0.3 is 4.74 Å². The molecule has 0 saturated heterocycles. The summed E-state index contributed by atoms with van der Waals surface area (Å²) in [7, 11) is 0. The topological polar surface area (TPSA) is 26.3 Å². The zero-order chi connectivity index (χ0) is 12.0. The Morgan fingerprint density at radius 3 is 2.44 bits per heavy atom. The third-order valence-corrected chi connectivity index (χ3v) is 3.74. The molecule has 0 bridgehead atoms. The van der Waals surface area contributed by atoms with E-state index in [0.717, 1.165) is 31.6 Å². The van der Waals surface area contributed by atoms with E-state index in [1.165, 1.54) is 6.42 Å². The molecule has 1 rings (SSSR count). The van der Waals surface area contributed by atoms with E-state index in [4.69, 9.17) is 4.74 Å². The molecule has 0 aromatic heterocycles. The fourth-order valence-electron chi connectivity index (χ4n) is 2.63. The van der Waals surface area contributed by atoms with Gasteiger partial charge in [0.05, 0.1) is 12.0 Å². The molecule has 1 saturated carbocycles. The van der Waals surface area contributed by atoms with Crippen LogP contribution in [0, 0.1) is 11.3 Å². The van der Waals surface area contributed by atoms with Crippen molar-refractivity contribution in [1.29, 1.82) is 0 Å². The van der Waals surface area contributed by atoms with Crippen molar-refractivity contribution in [3.05, 3.63) is 12.2 Å². The van der Waals surface area contributed by atoms with E-state index in [1.54, 1.807) is 0 Å². The van der Waals surface area contributed by atoms with Crippen molar-refractivity contribution in [2.45, 2.75) is 52.9 Å². The van der Waals surface area contributed by atoms with Crippen molar-refractivity contribution in [1.82, 2.24) is 0 Å². The molecule has 2 heteroatoms. The zero-order valence-corrected chi connectivity index (χ0v) is 10.8. The smallest absolute Gasteiger partial charge is 0.315 e. The molecule has 1 aliphatic rings. The van der Waals surface area contributed by atoms with E-state index in [9.17, 15) is 4.79 Å². The van der Waals surface area contributed by atoms with Gasteiger partial charge >= 0.3 is 5.97 Å². The summed E-state index contributed by atoms with van der Waals surface area (Å²) in [5.74, 6) is 0.774. The standard InChI is InChI=1S/C14H24O2/c1-4-9-14(13(15)16-6-3)10-7-12(5-2)8-11-14/h4,9,12H,5-8,10-11H2,1-3H3. The van der Waals surface area contributed by atoms with Gasteiger partial charge in [-0.1, -0.05) is 25.5 Å². The van der Waals surface area contributed by atoms with E-state index >= 15 is 0 Å². The van der Waals surface area contributed by atoms with Crippen LogP contribution in [0.5, 0.6) is 0 Å². The number of carbonyl (C=O) groups excluding carboxylic acids is 1. The number of allylic oxidation sites excluding steroid dienone is 1. The van der Waals surface area contributed by atoms with E-state index in [1.807, 2.05) is 19.9 Å². The van der Waals surface area contributed by atoms with Crippen LogP contribution in [0.4, 0.5) is 0 Å². The van der Waals surface area contributed by atoms with E-state index < -0.39 is 0 Å². The van der Waals surface area contributed by atoms with Crippen LogP contribution >= 0.6 is 0 Å². The highest BCUT2D eigenvalue weighted by Gasteiger charge is 2.40. The monoisotopic (exact) mass is 224 g/mol. The summed E-state index contributed by atoms with van der Waals surface area (Å²) in [6.07, 6.45) is 9.48. The summed E-state index contributed by atoms with van der Waals surface area (Å²) in [4.78, 5) is 12.0. The summed E-state index contributed by atoms with van der Waals surface area (Å²) in [5.41, 5.74) is -0.323. The fraction of sp³-hybridized carbons (Fsp3) is 0.786. The highest BCUT2D eigenvalue weighted by Crippen LogP contribution is 2.42. The first-order chi connectivity index (χ1) is 7.68. The Kier molecular flexibility index (Phi) is 5.04. The maximum atomic E-state index is 12.0. The molecular formula is C14H24O2. The fourth-order valence-corrected chi connectivity index (χ4v) is 2.63. The number of esters is 1. The largest absolute Gasteiger partial charge is 0.465 e. The van der Waals surface area contributed by atoms with Crippen molar-refractivity contribution in [2.24, 2.45) is 11.3 Å². The summed E-state index contributed by atoms with van der Waals surface area (Å²) >= 11 is 0. The number of hydrogen-bond donors (Lipinski definition) is 0. The summed E-state index contributed by atoms with van der Waals surface area (Å²) < 4.78 is 5.22. The van der Waals surface area contributed by atoms with Crippen molar-refractivity contribution in [3.63, 3.8) is 0 Å². The van der Waals surface area contributed by atoms with E-state index in [0.29, 0.717) is 6.61 Å². The van der Waals surface area contributed by atoms with Crippen LogP contribution in [0.1, 0.15) is 52.9 Å². The quantitative estimate of drug-likeness (QED) is 0.537. The minimum absolute atomic E-state index is 0.0253. The summed E-state index contributed by atoms with van der Waals surface area (Å²) in [6, 6.07) is 0. The molecule has 0 spiro atoms. The maximum absolute atomic E-state index is 12.0. The zero-order valence-electron chi connectivity index (χ0n) is 10.8. The molecule has 2 nitrogen and oxygen atoms in total. The second-order valence-corrected chi connectivity index (χ2v) is 4.73. The van der Waals surface area contributed by atoms with Crippen molar-refractivity contribution in [3.8, 4) is 0 Å². The minimum atomic E-state index is -0.323. The SMILES string of the molecule is CC=CC1(C(=O)OCC)CCC(CC)CC1. The van der Waals surface area contributed by atoms with Gasteiger partial charge in [0.2, 0.25) is 0 Å². The van der Waals surface area contributed by atoms with Gasteiger partial charge in [0.15, 0.2) is 0 Å². The molecule has 1 fully saturated rings. The lowest BCUT2D eigenvalue weighted by Gasteiger charge is -2.35. The molecule has 0 amide bonds. The Morgan fingerprint density at radius 1 is 1.38 bits per heavy atom. The molecule has 92 valence electrons. The molecule has 0 atom stereocenters. The van der Waals surface area contributed by atoms with Crippen LogP contribution in [0.25, 0.3) is 0 Å². The average Bonchev–Trinajstić information content (AvgIpc) is 2.30. The number of rotatable bonds is 4. The lowest BCUT2D eigenvalue weighted by molar-refractivity contribution is -0.154. The van der Waals surface area contributed by atoms with Crippen molar-refractivity contribution >= 4 is 5.97 Å². The molecule has 0 unspecified atom stereocenters. The van der Waals surface area contributed by atoms with Crippen LogP contribution in [0.3, 0.4) is 0 Å². The van der Waals surface area contributed by atoms with Gasteiger partial charge in [-0.3, -0.25) is 4.79 Å². The molecule has 0 aromatic rings. The average molecular weight is 224 g/mol. The van der Waals surface area contributed by atoms with Gasteiger partial charge in [-0.2, -0.15) is 0 Å². The second kappa shape index (κ2) is 6.07. The van der Waals surface area contributed by atoms with Gasteiger partial charge in [-0.05, 0) is 45.4 Å². The number of hydrogen-bond acceptors (Lipinski definition) is 2. The van der Waals surface area contributed by atoms with Gasteiger partial charge in [-0.25, -0.2) is 0 Å². The van der Waals surface area contributed by atoms with Gasteiger partial charge in [0.25, 0.3) is 0 Å². The van der Waals surface area contributed by atoms with Crippen LogP contribution in [0.2, 0.25) is 0 Å². The predicted octanol–water partition coefficient (Wildman–Crippen LogP) is 3.71. The Morgan fingerprint density at radius 2 is 2.00 bits per heavy atom. The Bertz CT molecular complexity index is 247. The summed E-state index contributed by atoms with van der Waals surface area (Å²) in [6.45, 7) is 6.57. The first-order valence-corrected chi connectivity index (χ1v) is 6.49. The maximum Gasteiger partial charge on any atom is 0.315 e. The molecule has 0 heterocycles. The molecular weight excluding hydrogens is 200 g/mol. The van der Waals surface area contributed by atoms with Crippen LogP contribution in [-0.4, -0.2) is 12.6 Å². The van der Waals surface area contributed by atoms with Crippen LogP contribution < -0.4 is 0 Å². The Labute approximate surface area is 99.1 Å². The molecule has 1 aliphatic carbocycles. The van der Waals surface area contributed by atoms with Crippen molar-refractivity contribution < 1.29 is 9.53 Å². The van der Waals surface area contributed by atoms with Gasteiger partial charge in [0.1, 0.15) is 0 Å². The molecule has 0 aromatic carbocycles. The molecule has 0 aliphatic heterocycles. The third kappa shape index (κ3) is 2.87. The number of carbonyl (C=O) groups is 1. The minimum Gasteiger partial charge on any atom is -0.465 e. The van der Waals surface area contributed by atoms with E-state index in [-0.39, 0.29) is 11.4 Å². The molecule has 0 N–H and O–H groups in total. The van der Waals surface area contributed by atoms with Crippen LogP contribution in [0.15, 0.2) is 12.2 Å². The first kappa shape index (κ1) is 13.3. The normalized spacial score (nSPS) is 30.6. The van der Waals surface area contributed by atoms with Crippen molar-refractivity contribution in [2.75, 3.05) is 6.61 Å². The van der Waals surface area contributed by atoms with Crippen LogP contribution in [-0.2, 0) is 9.53 Å². The van der Waals surface area contributed by atoms with Gasteiger partial charge in [-0.15, -0.1) is 0 Å². The molecule has 16 heavy (non-hydrogen) atoms. The Hall–Kier alpha value is -0.790. The van der Waals surface area contributed by atoms with Gasteiger partial charge in [0, 0.05) is 0 Å². The second-order valence-electron chi connectivity index (χ2n) is 4.73. The number of ether oxygens (including phenoxy) is 1. The highest BCUT2D eigenvalue weighted by atomic mass is 16.5. The molecule has 0 radical (unpaired) electrons. The van der Waals surface area contributed by atoms with E-state index in [2.05, 4.69) is 13.0 Å². The third-order valence-electron chi connectivity index (χ3n) is 3.74. The lowest BCUT2D eigenvalue weighted by Crippen LogP contribution is -2.35. The summed E-state index contributed by atoms with van der Waals surface area (Å²) in [5, 5.41) is 0. The Balaban J connectivity index is 2.71. The highest BCUT2D eigenvalue weighted by molar-refractivity contribution is 5.79. The first-order valence-electron chi connectivity index (χ1n) is 6.49. The lowest BCUT2D eigenvalue weighted by atomic mass is 9.69. The predicted molar refractivity (Wildman–Crippen MR) is 66.1 cm³/mol.